The summed E-state index contributed by atoms with van der Waals surface area (Å²) in [6.07, 6.45) is 13.0. The van der Waals surface area contributed by atoms with Crippen LogP contribution in [0.1, 0.15) is 54.3 Å². The van der Waals surface area contributed by atoms with Crippen LogP contribution in [0.15, 0.2) is 23.4 Å². The van der Waals surface area contributed by atoms with Crippen molar-refractivity contribution >= 4 is 17.2 Å². The maximum atomic E-state index is 12.3. The van der Waals surface area contributed by atoms with Crippen LogP contribution < -0.4 is 15.8 Å². The Kier molecular flexibility index (Phi) is 5.36. The highest BCUT2D eigenvalue weighted by Crippen LogP contribution is 2.36. The van der Waals surface area contributed by atoms with E-state index in [-0.39, 0.29) is 5.56 Å². The quantitative estimate of drug-likeness (QED) is 0.873. The minimum Gasteiger partial charge on any atom is -0.350 e. The molecule has 0 bridgehead atoms. The molecule has 1 aliphatic heterocycles. The molecule has 2 aliphatic rings. The Balaban J connectivity index is 1.35. The lowest BCUT2D eigenvalue weighted by Crippen LogP contribution is -2.47. The van der Waals surface area contributed by atoms with Crippen LogP contribution in [0.3, 0.4) is 0 Å². The molecule has 1 aliphatic carbocycles. The van der Waals surface area contributed by atoms with Crippen LogP contribution in [-0.2, 0) is 13.6 Å². The van der Waals surface area contributed by atoms with Gasteiger partial charge in [0.15, 0.2) is 5.82 Å². The molecule has 7 heteroatoms. The van der Waals surface area contributed by atoms with Crippen molar-refractivity contribution in [2.75, 3.05) is 18.0 Å². The van der Waals surface area contributed by atoms with E-state index in [0.29, 0.717) is 17.8 Å². The average molecular weight is 374 g/mol. The third-order valence-corrected chi connectivity index (χ3v) is 6.72. The molecule has 6 nitrogen and oxygen atoms in total. The molecule has 0 spiro atoms. The van der Waals surface area contributed by atoms with Crippen molar-refractivity contribution in [3.8, 4) is 0 Å². The number of nitrogens with zero attached hydrogens (tertiary/aromatic N) is 4. The normalized spacial score (nSPS) is 21.4. The molecule has 140 valence electrons. The van der Waals surface area contributed by atoms with E-state index in [1.165, 1.54) is 35.6 Å². The molecule has 3 heterocycles. The number of aromatic nitrogens is 3. The molecule has 0 amide bonds. The molecule has 0 radical (unpaired) electrons. The van der Waals surface area contributed by atoms with Crippen LogP contribution in [0.5, 0.6) is 0 Å². The van der Waals surface area contributed by atoms with E-state index >= 15 is 0 Å². The Bertz CT molecular complexity index is 795. The molecule has 1 unspecified atom stereocenters. The van der Waals surface area contributed by atoms with E-state index in [0.717, 1.165) is 32.5 Å². The number of nitrogens with one attached hydrogen (secondary N) is 1. The van der Waals surface area contributed by atoms with E-state index in [2.05, 4.69) is 20.2 Å². The molecule has 4 rings (SSSR count). The Hall–Kier alpha value is -1.73. The fraction of sp³-hybridized carbons (Fsp3) is 0.632. The molecule has 1 atom stereocenters. The van der Waals surface area contributed by atoms with E-state index in [1.807, 2.05) is 17.5 Å². The second-order valence-corrected chi connectivity index (χ2v) is 8.63. The van der Waals surface area contributed by atoms with Crippen LogP contribution >= 0.6 is 11.3 Å². The predicted molar refractivity (Wildman–Crippen MR) is 105 cm³/mol. The predicted octanol–water partition coefficient (Wildman–Crippen LogP) is 2.65. The van der Waals surface area contributed by atoms with E-state index in [4.69, 9.17) is 0 Å². The average Bonchev–Trinajstić information content (AvgIpc) is 3.34. The second-order valence-electron chi connectivity index (χ2n) is 7.48. The molecule has 2 aromatic heterocycles. The van der Waals surface area contributed by atoms with Crippen molar-refractivity contribution in [2.24, 2.45) is 7.05 Å². The van der Waals surface area contributed by atoms with Gasteiger partial charge in [-0.1, -0.05) is 12.8 Å². The van der Waals surface area contributed by atoms with Crippen LogP contribution in [-0.4, -0.2) is 33.7 Å². The minimum atomic E-state index is -0.0168. The van der Waals surface area contributed by atoms with E-state index in [1.54, 1.807) is 24.0 Å². The summed E-state index contributed by atoms with van der Waals surface area (Å²) in [5.74, 6) is 1.27. The summed E-state index contributed by atoms with van der Waals surface area (Å²) in [6, 6.07) is 0.382. The highest BCUT2D eigenvalue weighted by Gasteiger charge is 2.23. The van der Waals surface area contributed by atoms with Gasteiger partial charge in [0.2, 0.25) is 0 Å². The van der Waals surface area contributed by atoms with Gasteiger partial charge in [-0.2, -0.15) is 0 Å². The Morgan fingerprint density at radius 1 is 1.23 bits per heavy atom. The maximum Gasteiger partial charge on any atom is 0.293 e. The number of piperidine rings is 1. The van der Waals surface area contributed by atoms with Crippen LogP contribution in [0.2, 0.25) is 0 Å². The molecule has 2 fully saturated rings. The summed E-state index contributed by atoms with van der Waals surface area (Å²) in [6.45, 7) is 2.60. The van der Waals surface area contributed by atoms with Crippen molar-refractivity contribution in [1.82, 2.24) is 19.9 Å². The fourth-order valence-electron chi connectivity index (χ4n) is 4.05. The first-order valence-electron chi connectivity index (χ1n) is 9.65. The fourth-order valence-corrected chi connectivity index (χ4v) is 5.09. The molecule has 0 aromatic carbocycles. The first-order chi connectivity index (χ1) is 12.7. The standard InChI is InChI=1S/C19H27N5OS/c1-23-10-8-20-17(19(23)25)24-9-4-7-15(13-24)21-11-16-12-22-18(26-16)14-5-2-3-6-14/h8,10,12,14-15,21H,2-7,9,11,13H2,1H3. The van der Waals surface area contributed by atoms with Crippen LogP contribution in [0.25, 0.3) is 0 Å². The molecule has 1 saturated heterocycles. The Morgan fingerprint density at radius 3 is 2.92 bits per heavy atom. The van der Waals surface area contributed by atoms with Gasteiger partial charge in [0.1, 0.15) is 0 Å². The van der Waals surface area contributed by atoms with Crippen molar-refractivity contribution in [3.05, 3.63) is 38.8 Å². The van der Waals surface area contributed by atoms with Gasteiger partial charge in [-0.3, -0.25) is 4.79 Å². The van der Waals surface area contributed by atoms with E-state index in [9.17, 15) is 4.79 Å². The zero-order chi connectivity index (χ0) is 17.9. The van der Waals surface area contributed by atoms with Crippen molar-refractivity contribution in [1.29, 1.82) is 0 Å². The Morgan fingerprint density at radius 2 is 2.08 bits per heavy atom. The number of anilines is 1. The first-order valence-corrected chi connectivity index (χ1v) is 10.5. The van der Waals surface area contributed by atoms with Gasteiger partial charge in [0.25, 0.3) is 5.56 Å². The zero-order valence-corrected chi connectivity index (χ0v) is 16.2. The summed E-state index contributed by atoms with van der Waals surface area (Å²) in [4.78, 5) is 24.7. The van der Waals surface area contributed by atoms with Crippen molar-refractivity contribution < 1.29 is 0 Å². The summed E-state index contributed by atoms with van der Waals surface area (Å²) >= 11 is 1.87. The van der Waals surface area contributed by atoms with Gasteiger partial charge in [0.05, 0.1) is 5.01 Å². The van der Waals surface area contributed by atoms with Crippen molar-refractivity contribution in [2.45, 2.75) is 57.0 Å². The lowest BCUT2D eigenvalue weighted by Gasteiger charge is -2.33. The van der Waals surface area contributed by atoms with Gasteiger partial charge in [-0.25, -0.2) is 9.97 Å². The van der Waals surface area contributed by atoms with Crippen LogP contribution in [0.4, 0.5) is 5.82 Å². The number of rotatable bonds is 5. The largest absolute Gasteiger partial charge is 0.350 e. The molecular formula is C19H27N5OS. The second kappa shape index (κ2) is 7.88. The molecule has 2 aromatic rings. The highest BCUT2D eigenvalue weighted by atomic mass is 32.1. The van der Waals surface area contributed by atoms with E-state index < -0.39 is 0 Å². The summed E-state index contributed by atoms with van der Waals surface area (Å²) in [7, 11) is 1.78. The minimum absolute atomic E-state index is 0.0168. The number of aryl methyl sites for hydroxylation is 1. The third-order valence-electron chi connectivity index (χ3n) is 5.56. The lowest BCUT2D eigenvalue weighted by atomic mass is 10.1. The zero-order valence-electron chi connectivity index (χ0n) is 15.4. The highest BCUT2D eigenvalue weighted by molar-refractivity contribution is 7.11. The number of thiazole rings is 1. The first kappa shape index (κ1) is 17.7. The lowest BCUT2D eigenvalue weighted by molar-refractivity contribution is 0.420. The van der Waals surface area contributed by atoms with Gasteiger partial charge >= 0.3 is 0 Å². The van der Waals surface area contributed by atoms with Gasteiger partial charge in [-0.15, -0.1) is 11.3 Å². The maximum absolute atomic E-state index is 12.3. The topological polar surface area (TPSA) is 63.1 Å². The monoisotopic (exact) mass is 373 g/mol. The summed E-state index contributed by atoms with van der Waals surface area (Å²) < 4.78 is 1.60. The van der Waals surface area contributed by atoms with Gasteiger partial charge in [-0.05, 0) is 25.7 Å². The molecule has 1 N–H and O–H groups in total. The molecule has 26 heavy (non-hydrogen) atoms. The third kappa shape index (κ3) is 3.83. The summed E-state index contributed by atoms with van der Waals surface area (Å²) in [5, 5.41) is 4.99. The summed E-state index contributed by atoms with van der Waals surface area (Å²) in [5.41, 5.74) is -0.0168. The number of hydrogen-bond donors (Lipinski definition) is 1. The molecule has 1 saturated carbocycles. The van der Waals surface area contributed by atoms with Crippen molar-refractivity contribution in [3.63, 3.8) is 0 Å². The smallest absolute Gasteiger partial charge is 0.293 e. The van der Waals surface area contributed by atoms with Crippen LogP contribution in [0, 0.1) is 0 Å². The Labute approximate surface area is 158 Å². The molecular weight excluding hydrogens is 346 g/mol. The number of hydrogen-bond acceptors (Lipinski definition) is 6. The SMILES string of the molecule is Cn1ccnc(N2CCCC(NCc3cnc(C4CCCC4)s3)C2)c1=O. The van der Waals surface area contributed by atoms with Gasteiger partial charge in [0, 0.05) is 62.1 Å². The van der Waals surface area contributed by atoms with Gasteiger partial charge < -0.3 is 14.8 Å².